The first-order valence-electron chi connectivity index (χ1n) is 7.69. The molecule has 23 heavy (non-hydrogen) atoms. The van der Waals surface area contributed by atoms with Crippen molar-refractivity contribution in [3.05, 3.63) is 82.9 Å². The summed E-state index contributed by atoms with van der Waals surface area (Å²) in [6, 6.07) is 22.0. The van der Waals surface area contributed by atoms with Crippen LogP contribution < -0.4 is 5.32 Å². The molecule has 0 radical (unpaired) electrons. The lowest BCUT2D eigenvalue weighted by molar-refractivity contribution is -0.120. The Morgan fingerprint density at radius 2 is 1.57 bits per heavy atom. The Morgan fingerprint density at radius 1 is 0.870 bits per heavy atom. The molecule has 3 rings (SSSR count). The Balaban J connectivity index is 1.53. The summed E-state index contributed by atoms with van der Waals surface area (Å²) in [7, 11) is 0. The van der Waals surface area contributed by atoms with Gasteiger partial charge >= 0.3 is 0 Å². The molecule has 0 bridgehead atoms. The second kappa shape index (κ2) is 7.30. The fourth-order valence-corrected chi connectivity index (χ4v) is 2.72. The van der Waals surface area contributed by atoms with Gasteiger partial charge in [-0.3, -0.25) is 4.79 Å². The average molecular weight is 324 g/mol. The Labute approximate surface area is 141 Å². The number of amides is 1. The SMILES string of the molecule is O=C(Cc1ccc2ccccc2c1)NCCc1ccc(Cl)cc1. The highest BCUT2D eigenvalue weighted by Crippen LogP contribution is 2.16. The fourth-order valence-electron chi connectivity index (χ4n) is 2.59. The molecule has 0 aliphatic heterocycles. The molecule has 0 saturated heterocycles. The van der Waals surface area contributed by atoms with Crippen LogP contribution in [0.2, 0.25) is 5.02 Å². The maximum Gasteiger partial charge on any atom is 0.224 e. The van der Waals surface area contributed by atoms with Crippen molar-refractivity contribution in [3.8, 4) is 0 Å². The van der Waals surface area contributed by atoms with Gasteiger partial charge in [-0.1, -0.05) is 66.2 Å². The van der Waals surface area contributed by atoms with E-state index >= 15 is 0 Å². The summed E-state index contributed by atoms with van der Waals surface area (Å²) in [6.45, 7) is 0.633. The molecule has 0 aliphatic carbocycles. The summed E-state index contributed by atoms with van der Waals surface area (Å²) in [4.78, 5) is 12.1. The molecule has 0 saturated carbocycles. The standard InChI is InChI=1S/C20H18ClNO/c21-19-9-6-15(7-10-19)11-12-22-20(23)14-16-5-8-17-3-1-2-4-18(17)13-16/h1-10,13H,11-12,14H2,(H,22,23). The number of benzene rings is 3. The van der Waals surface area contributed by atoms with Gasteiger partial charge in [0.2, 0.25) is 5.91 Å². The van der Waals surface area contributed by atoms with Gasteiger partial charge < -0.3 is 5.32 Å². The number of rotatable bonds is 5. The molecular weight excluding hydrogens is 306 g/mol. The Bertz CT molecular complexity index is 811. The van der Waals surface area contributed by atoms with Crippen molar-refractivity contribution in [1.29, 1.82) is 0 Å². The maximum atomic E-state index is 12.1. The molecule has 3 aromatic carbocycles. The van der Waals surface area contributed by atoms with E-state index in [-0.39, 0.29) is 5.91 Å². The van der Waals surface area contributed by atoms with Gasteiger partial charge in [0.25, 0.3) is 0 Å². The third-order valence-electron chi connectivity index (χ3n) is 3.83. The zero-order valence-corrected chi connectivity index (χ0v) is 13.5. The smallest absolute Gasteiger partial charge is 0.224 e. The lowest BCUT2D eigenvalue weighted by Crippen LogP contribution is -2.27. The van der Waals surface area contributed by atoms with Crippen LogP contribution in [0.25, 0.3) is 10.8 Å². The summed E-state index contributed by atoms with van der Waals surface area (Å²) in [5.41, 5.74) is 2.20. The predicted octanol–water partition coefficient (Wildman–Crippen LogP) is 4.39. The van der Waals surface area contributed by atoms with Gasteiger partial charge in [-0.05, 0) is 40.5 Å². The highest BCUT2D eigenvalue weighted by molar-refractivity contribution is 6.30. The van der Waals surface area contributed by atoms with E-state index in [9.17, 15) is 4.79 Å². The number of carbonyl (C=O) groups excluding carboxylic acids is 1. The van der Waals surface area contributed by atoms with Crippen molar-refractivity contribution in [2.75, 3.05) is 6.54 Å². The van der Waals surface area contributed by atoms with Crippen LogP contribution in [0.1, 0.15) is 11.1 Å². The van der Waals surface area contributed by atoms with Crippen molar-refractivity contribution >= 4 is 28.3 Å². The van der Waals surface area contributed by atoms with E-state index in [0.717, 1.165) is 17.0 Å². The van der Waals surface area contributed by atoms with E-state index in [1.54, 1.807) is 0 Å². The summed E-state index contributed by atoms with van der Waals surface area (Å²) in [6.07, 6.45) is 1.21. The quantitative estimate of drug-likeness (QED) is 0.741. The second-order valence-corrected chi connectivity index (χ2v) is 6.02. The second-order valence-electron chi connectivity index (χ2n) is 5.58. The molecule has 2 nitrogen and oxygen atoms in total. The van der Waals surface area contributed by atoms with Gasteiger partial charge in [0.1, 0.15) is 0 Å². The van der Waals surface area contributed by atoms with E-state index in [1.165, 1.54) is 16.3 Å². The van der Waals surface area contributed by atoms with Crippen LogP contribution in [0.3, 0.4) is 0 Å². The zero-order chi connectivity index (χ0) is 16.1. The number of hydrogen-bond acceptors (Lipinski definition) is 1. The van der Waals surface area contributed by atoms with Gasteiger partial charge in [0, 0.05) is 11.6 Å². The lowest BCUT2D eigenvalue weighted by atomic mass is 10.0. The Hall–Kier alpha value is -2.32. The van der Waals surface area contributed by atoms with Crippen molar-refractivity contribution in [2.45, 2.75) is 12.8 Å². The minimum Gasteiger partial charge on any atom is -0.355 e. The van der Waals surface area contributed by atoms with Crippen molar-refractivity contribution < 1.29 is 4.79 Å². The maximum absolute atomic E-state index is 12.1. The van der Waals surface area contributed by atoms with Gasteiger partial charge in [-0.25, -0.2) is 0 Å². The predicted molar refractivity (Wildman–Crippen MR) is 95.8 cm³/mol. The first-order valence-corrected chi connectivity index (χ1v) is 8.07. The first kappa shape index (κ1) is 15.6. The molecule has 1 N–H and O–H groups in total. The molecule has 0 aliphatic rings. The number of hydrogen-bond donors (Lipinski definition) is 1. The monoisotopic (exact) mass is 323 g/mol. The van der Waals surface area contributed by atoms with E-state index in [0.29, 0.717) is 13.0 Å². The fraction of sp³-hybridized carbons (Fsp3) is 0.150. The van der Waals surface area contributed by atoms with Crippen LogP contribution in [-0.4, -0.2) is 12.5 Å². The third-order valence-corrected chi connectivity index (χ3v) is 4.08. The summed E-state index contributed by atoms with van der Waals surface area (Å²) < 4.78 is 0. The Morgan fingerprint density at radius 3 is 2.35 bits per heavy atom. The molecule has 0 fully saturated rings. The number of halogens is 1. The zero-order valence-electron chi connectivity index (χ0n) is 12.8. The van der Waals surface area contributed by atoms with Gasteiger partial charge in [0.05, 0.1) is 6.42 Å². The minimum absolute atomic E-state index is 0.0502. The molecule has 0 atom stereocenters. The van der Waals surface area contributed by atoms with E-state index in [1.807, 2.05) is 42.5 Å². The molecule has 0 spiro atoms. The average Bonchev–Trinajstić information content (AvgIpc) is 2.56. The third kappa shape index (κ3) is 4.33. The highest BCUT2D eigenvalue weighted by atomic mass is 35.5. The van der Waals surface area contributed by atoms with Crippen molar-refractivity contribution in [2.24, 2.45) is 0 Å². The molecule has 3 heteroatoms. The van der Waals surface area contributed by atoms with Gasteiger partial charge in [0.15, 0.2) is 0 Å². The minimum atomic E-state index is 0.0502. The molecule has 0 heterocycles. The van der Waals surface area contributed by atoms with Crippen LogP contribution in [0.4, 0.5) is 0 Å². The van der Waals surface area contributed by atoms with Gasteiger partial charge in [-0.15, -0.1) is 0 Å². The van der Waals surface area contributed by atoms with Crippen LogP contribution in [0.5, 0.6) is 0 Å². The van der Waals surface area contributed by atoms with Crippen molar-refractivity contribution in [3.63, 3.8) is 0 Å². The van der Waals surface area contributed by atoms with Crippen LogP contribution >= 0.6 is 11.6 Å². The number of carbonyl (C=O) groups is 1. The number of nitrogens with one attached hydrogen (secondary N) is 1. The van der Waals surface area contributed by atoms with E-state index in [4.69, 9.17) is 11.6 Å². The molecule has 0 aromatic heterocycles. The van der Waals surface area contributed by atoms with Crippen LogP contribution in [-0.2, 0) is 17.6 Å². The molecule has 0 unspecified atom stereocenters. The number of fused-ring (bicyclic) bond motifs is 1. The first-order chi connectivity index (χ1) is 11.2. The van der Waals surface area contributed by atoms with Crippen LogP contribution in [0, 0.1) is 0 Å². The van der Waals surface area contributed by atoms with E-state index in [2.05, 4.69) is 29.6 Å². The summed E-state index contributed by atoms with van der Waals surface area (Å²) >= 11 is 5.86. The van der Waals surface area contributed by atoms with Gasteiger partial charge in [-0.2, -0.15) is 0 Å². The summed E-state index contributed by atoms with van der Waals surface area (Å²) in [5.74, 6) is 0.0502. The molecule has 3 aromatic rings. The summed E-state index contributed by atoms with van der Waals surface area (Å²) in [5, 5.41) is 6.06. The molecule has 116 valence electrons. The largest absolute Gasteiger partial charge is 0.355 e. The van der Waals surface area contributed by atoms with Crippen molar-refractivity contribution in [1.82, 2.24) is 5.32 Å². The highest BCUT2D eigenvalue weighted by Gasteiger charge is 2.04. The van der Waals surface area contributed by atoms with E-state index < -0.39 is 0 Å². The normalized spacial score (nSPS) is 10.7. The molecular formula is C20H18ClNO. The lowest BCUT2D eigenvalue weighted by Gasteiger charge is -2.07. The van der Waals surface area contributed by atoms with Crippen LogP contribution in [0.15, 0.2) is 66.7 Å². The topological polar surface area (TPSA) is 29.1 Å². The Kier molecular flexibility index (Phi) is 4.94. The molecule has 1 amide bonds.